The third-order valence-electron chi connectivity index (χ3n) is 3.75. The van der Waals surface area contributed by atoms with E-state index < -0.39 is 36.3 Å². The Hall–Kier alpha value is -3.16. The Kier molecular flexibility index (Phi) is 5.25. The molecule has 3 aromatic rings. The Bertz CT molecular complexity index is 905. The van der Waals surface area contributed by atoms with E-state index in [0.29, 0.717) is 11.1 Å². The van der Waals surface area contributed by atoms with Crippen LogP contribution in [0.5, 0.6) is 0 Å². The SMILES string of the molecule is O=C(Cn1ccc(C(F)(F)F)n1)OC(c1ccccc1)c1ccc(F)cc1. The molecule has 1 aromatic heterocycles. The van der Waals surface area contributed by atoms with Crippen LogP contribution in [0.2, 0.25) is 0 Å². The van der Waals surface area contributed by atoms with Crippen LogP contribution in [0.25, 0.3) is 0 Å². The lowest BCUT2D eigenvalue weighted by atomic mass is 10.0. The lowest BCUT2D eigenvalue weighted by Gasteiger charge is -2.19. The van der Waals surface area contributed by atoms with Crippen LogP contribution in [0, 0.1) is 5.82 Å². The van der Waals surface area contributed by atoms with Gasteiger partial charge in [0.15, 0.2) is 11.8 Å². The van der Waals surface area contributed by atoms with Crippen LogP contribution < -0.4 is 0 Å². The second-order valence-electron chi connectivity index (χ2n) is 5.73. The lowest BCUT2D eigenvalue weighted by Crippen LogP contribution is -2.19. The van der Waals surface area contributed by atoms with Gasteiger partial charge in [-0.25, -0.2) is 4.39 Å². The van der Waals surface area contributed by atoms with Gasteiger partial charge in [0.2, 0.25) is 0 Å². The van der Waals surface area contributed by atoms with Crippen molar-refractivity contribution in [3.8, 4) is 0 Å². The van der Waals surface area contributed by atoms with Gasteiger partial charge in [0.05, 0.1) is 0 Å². The van der Waals surface area contributed by atoms with E-state index in [0.717, 1.165) is 16.9 Å². The highest BCUT2D eigenvalue weighted by Crippen LogP contribution is 2.28. The summed E-state index contributed by atoms with van der Waals surface area (Å²) in [6.45, 7) is -0.486. The minimum Gasteiger partial charge on any atom is -0.451 e. The Morgan fingerprint density at radius 2 is 1.63 bits per heavy atom. The van der Waals surface area contributed by atoms with Gasteiger partial charge in [0.1, 0.15) is 12.4 Å². The Balaban J connectivity index is 1.78. The van der Waals surface area contributed by atoms with Gasteiger partial charge in [0.25, 0.3) is 0 Å². The number of esters is 1. The third-order valence-corrected chi connectivity index (χ3v) is 3.75. The van der Waals surface area contributed by atoms with Crippen LogP contribution in [0.1, 0.15) is 22.9 Å². The van der Waals surface area contributed by atoms with Crippen molar-refractivity contribution in [3.05, 3.63) is 89.5 Å². The number of nitrogens with zero attached hydrogens (tertiary/aromatic N) is 2. The molecule has 0 radical (unpaired) electrons. The summed E-state index contributed by atoms with van der Waals surface area (Å²) in [7, 11) is 0. The largest absolute Gasteiger partial charge is 0.451 e. The number of halogens is 4. The summed E-state index contributed by atoms with van der Waals surface area (Å²) in [6, 6.07) is 15.0. The summed E-state index contributed by atoms with van der Waals surface area (Å²) in [5.74, 6) is -1.21. The van der Waals surface area contributed by atoms with E-state index in [-0.39, 0.29) is 0 Å². The van der Waals surface area contributed by atoms with Crippen molar-refractivity contribution in [2.24, 2.45) is 0 Å². The number of carbonyl (C=O) groups excluding carboxylic acids is 1. The van der Waals surface area contributed by atoms with Gasteiger partial charge >= 0.3 is 12.1 Å². The highest BCUT2D eigenvalue weighted by molar-refractivity contribution is 5.69. The normalized spacial score (nSPS) is 12.6. The van der Waals surface area contributed by atoms with E-state index in [2.05, 4.69) is 5.10 Å². The molecular formula is C19H14F4N2O2. The van der Waals surface area contributed by atoms with Crippen molar-refractivity contribution < 1.29 is 27.1 Å². The van der Waals surface area contributed by atoms with Crippen molar-refractivity contribution in [1.29, 1.82) is 0 Å². The van der Waals surface area contributed by atoms with E-state index in [1.807, 2.05) is 0 Å². The van der Waals surface area contributed by atoms with Crippen molar-refractivity contribution in [3.63, 3.8) is 0 Å². The fourth-order valence-corrected chi connectivity index (χ4v) is 2.50. The first-order chi connectivity index (χ1) is 12.8. The van der Waals surface area contributed by atoms with Crippen LogP contribution in [0.4, 0.5) is 17.6 Å². The van der Waals surface area contributed by atoms with E-state index >= 15 is 0 Å². The van der Waals surface area contributed by atoms with Gasteiger partial charge in [-0.3, -0.25) is 9.48 Å². The molecule has 3 rings (SSSR count). The molecule has 0 aliphatic carbocycles. The standard InChI is InChI=1S/C19H14F4N2O2/c20-15-8-6-14(7-9-15)18(13-4-2-1-3-5-13)27-17(26)12-25-11-10-16(24-25)19(21,22)23/h1-11,18H,12H2. The van der Waals surface area contributed by atoms with Crippen molar-refractivity contribution >= 4 is 5.97 Å². The molecule has 0 saturated heterocycles. The van der Waals surface area contributed by atoms with Gasteiger partial charge in [-0.05, 0) is 29.3 Å². The number of rotatable bonds is 5. The highest BCUT2D eigenvalue weighted by atomic mass is 19.4. The number of carbonyl (C=O) groups is 1. The van der Waals surface area contributed by atoms with Crippen LogP contribution in [-0.2, 0) is 22.3 Å². The van der Waals surface area contributed by atoms with Crippen molar-refractivity contribution in [2.75, 3.05) is 0 Å². The molecule has 2 aromatic carbocycles. The summed E-state index contributed by atoms with van der Waals surface area (Å²) >= 11 is 0. The molecule has 0 aliphatic heterocycles. The Morgan fingerprint density at radius 1 is 1.00 bits per heavy atom. The zero-order valence-corrected chi connectivity index (χ0v) is 13.9. The fourth-order valence-electron chi connectivity index (χ4n) is 2.50. The lowest BCUT2D eigenvalue weighted by molar-refractivity contribution is -0.149. The molecule has 0 aliphatic rings. The molecule has 0 saturated carbocycles. The van der Waals surface area contributed by atoms with Crippen molar-refractivity contribution in [2.45, 2.75) is 18.8 Å². The first-order valence-corrected chi connectivity index (χ1v) is 7.93. The Morgan fingerprint density at radius 3 is 2.22 bits per heavy atom. The Labute approximate surface area is 152 Å². The summed E-state index contributed by atoms with van der Waals surface area (Å²) in [6.07, 6.45) is -4.35. The number of hydrogen-bond acceptors (Lipinski definition) is 3. The van der Waals surface area contributed by atoms with Crippen LogP contribution in [0.3, 0.4) is 0 Å². The summed E-state index contributed by atoms with van der Waals surface area (Å²) < 4.78 is 57.3. The zero-order valence-electron chi connectivity index (χ0n) is 13.9. The summed E-state index contributed by atoms with van der Waals surface area (Å²) in [5.41, 5.74) is 0.0924. The van der Waals surface area contributed by atoms with E-state index in [1.54, 1.807) is 30.3 Å². The summed E-state index contributed by atoms with van der Waals surface area (Å²) in [4.78, 5) is 12.3. The zero-order chi connectivity index (χ0) is 19.4. The molecule has 1 unspecified atom stereocenters. The maximum absolute atomic E-state index is 13.2. The van der Waals surface area contributed by atoms with Crippen LogP contribution in [0.15, 0.2) is 66.9 Å². The molecule has 1 heterocycles. The smallest absolute Gasteiger partial charge is 0.435 e. The second kappa shape index (κ2) is 7.61. The number of alkyl halides is 3. The molecule has 0 amide bonds. The maximum Gasteiger partial charge on any atom is 0.435 e. The molecule has 0 spiro atoms. The van der Waals surface area contributed by atoms with Gasteiger partial charge in [-0.2, -0.15) is 18.3 Å². The van der Waals surface area contributed by atoms with Crippen molar-refractivity contribution in [1.82, 2.24) is 9.78 Å². The van der Waals surface area contributed by atoms with Crippen LogP contribution in [-0.4, -0.2) is 15.7 Å². The topological polar surface area (TPSA) is 44.1 Å². The van der Waals surface area contributed by atoms with E-state index in [4.69, 9.17) is 4.74 Å². The fraction of sp³-hybridized carbons (Fsp3) is 0.158. The molecular weight excluding hydrogens is 364 g/mol. The van der Waals surface area contributed by atoms with Gasteiger partial charge in [-0.1, -0.05) is 42.5 Å². The van der Waals surface area contributed by atoms with E-state index in [9.17, 15) is 22.4 Å². The number of hydrogen-bond donors (Lipinski definition) is 0. The first-order valence-electron chi connectivity index (χ1n) is 7.93. The molecule has 1 atom stereocenters. The van der Waals surface area contributed by atoms with Crippen LogP contribution >= 0.6 is 0 Å². The highest BCUT2D eigenvalue weighted by Gasteiger charge is 2.33. The minimum absolute atomic E-state index is 0.437. The average molecular weight is 378 g/mol. The molecule has 0 fully saturated rings. The molecule has 8 heteroatoms. The average Bonchev–Trinajstić information content (AvgIpc) is 3.10. The third kappa shape index (κ3) is 4.72. The van der Waals surface area contributed by atoms with Gasteiger partial charge in [-0.15, -0.1) is 0 Å². The summed E-state index contributed by atoms with van der Waals surface area (Å²) in [5, 5.41) is 3.33. The number of benzene rings is 2. The first kappa shape index (κ1) is 18.6. The molecule has 0 N–H and O–H groups in total. The predicted octanol–water partition coefficient (Wildman–Crippen LogP) is 4.37. The molecule has 4 nitrogen and oxygen atoms in total. The number of ether oxygens (including phenoxy) is 1. The number of aromatic nitrogens is 2. The second-order valence-corrected chi connectivity index (χ2v) is 5.73. The molecule has 140 valence electrons. The minimum atomic E-state index is -4.59. The quantitative estimate of drug-likeness (QED) is 0.489. The molecule has 27 heavy (non-hydrogen) atoms. The van der Waals surface area contributed by atoms with Gasteiger partial charge < -0.3 is 4.74 Å². The maximum atomic E-state index is 13.2. The monoisotopic (exact) mass is 378 g/mol. The molecule has 0 bridgehead atoms. The van der Waals surface area contributed by atoms with E-state index in [1.165, 1.54) is 24.3 Å². The van der Waals surface area contributed by atoms with Gasteiger partial charge in [0, 0.05) is 6.20 Å². The predicted molar refractivity (Wildman–Crippen MR) is 88.0 cm³/mol.